The van der Waals surface area contributed by atoms with Crippen LogP contribution in [0, 0.1) is 5.92 Å². The SMILES string of the molecule is CCC(C)C(NC(=O)C(CC(=O)O)NC(=O)C(CCSC)NC(=O)C(N)CC(=O)O)C(=O)O. The molecule has 5 atom stereocenters. The molecule has 0 aliphatic rings. The van der Waals surface area contributed by atoms with Crippen LogP contribution in [-0.4, -0.2) is 87.1 Å². The van der Waals surface area contributed by atoms with Gasteiger partial charge >= 0.3 is 17.9 Å². The highest BCUT2D eigenvalue weighted by Crippen LogP contribution is 2.09. The Balaban J connectivity index is 5.54. The molecule has 188 valence electrons. The molecule has 0 rings (SSSR count). The molecule has 33 heavy (non-hydrogen) atoms. The van der Waals surface area contributed by atoms with E-state index in [2.05, 4.69) is 16.0 Å². The smallest absolute Gasteiger partial charge is 0.326 e. The average Bonchev–Trinajstić information content (AvgIpc) is 2.72. The van der Waals surface area contributed by atoms with Gasteiger partial charge in [-0.3, -0.25) is 24.0 Å². The molecule has 0 saturated heterocycles. The van der Waals surface area contributed by atoms with Gasteiger partial charge in [-0.1, -0.05) is 20.3 Å². The van der Waals surface area contributed by atoms with Crippen molar-refractivity contribution in [1.82, 2.24) is 16.0 Å². The van der Waals surface area contributed by atoms with Crippen LogP contribution in [0.4, 0.5) is 0 Å². The second-order valence-electron chi connectivity index (χ2n) is 7.42. The maximum atomic E-state index is 12.8. The van der Waals surface area contributed by atoms with Gasteiger partial charge in [-0.2, -0.15) is 11.8 Å². The summed E-state index contributed by atoms with van der Waals surface area (Å²) in [5.74, 6) is -6.90. The van der Waals surface area contributed by atoms with Crippen molar-refractivity contribution in [3.8, 4) is 0 Å². The van der Waals surface area contributed by atoms with E-state index in [0.717, 1.165) is 0 Å². The molecular weight excluding hydrogens is 460 g/mol. The van der Waals surface area contributed by atoms with Crippen molar-refractivity contribution < 1.29 is 44.1 Å². The van der Waals surface area contributed by atoms with Crippen LogP contribution < -0.4 is 21.7 Å². The first kappa shape index (κ1) is 30.1. The first-order valence-electron chi connectivity index (χ1n) is 10.2. The van der Waals surface area contributed by atoms with Gasteiger partial charge in [-0.15, -0.1) is 0 Å². The third-order valence-corrected chi connectivity index (χ3v) is 5.41. The van der Waals surface area contributed by atoms with Crippen LogP contribution in [0.5, 0.6) is 0 Å². The molecule has 0 aliphatic heterocycles. The number of hydrogen-bond acceptors (Lipinski definition) is 8. The molecule has 3 amide bonds. The monoisotopic (exact) mass is 492 g/mol. The van der Waals surface area contributed by atoms with Gasteiger partial charge in [0.2, 0.25) is 17.7 Å². The van der Waals surface area contributed by atoms with E-state index in [-0.39, 0.29) is 6.42 Å². The van der Waals surface area contributed by atoms with Crippen molar-refractivity contribution in [2.24, 2.45) is 11.7 Å². The topological polar surface area (TPSA) is 225 Å². The quantitative estimate of drug-likeness (QED) is 0.133. The first-order valence-corrected chi connectivity index (χ1v) is 11.5. The molecule has 13 nitrogen and oxygen atoms in total. The molecule has 14 heteroatoms. The minimum atomic E-state index is -1.61. The number of nitrogens with one attached hydrogen (secondary N) is 3. The molecule has 0 aliphatic carbocycles. The summed E-state index contributed by atoms with van der Waals surface area (Å²) >= 11 is 1.35. The number of thioether (sulfide) groups is 1. The first-order chi connectivity index (χ1) is 15.3. The zero-order valence-corrected chi connectivity index (χ0v) is 19.5. The highest BCUT2D eigenvalue weighted by atomic mass is 32.2. The van der Waals surface area contributed by atoms with Crippen LogP contribution >= 0.6 is 11.8 Å². The van der Waals surface area contributed by atoms with Gasteiger partial charge in [0.25, 0.3) is 0 Å². The molecule has 0 radical (unpaired) electrons. The Kier molecular flexibility index (Phi) is 13.7. The second-order valence-corrected chi connectivity index (χ2v) is 8.40. The predicted octanol–water partition coefficient (Wildman–Crippen LogP) is -1.40. The van der Waals surface area contributed by atoms with E-state index in [1.165, 1.54) is 11.8 Å². The van der Waals surface area contributed by atoms with E-state index in [9.17, 15) is 33.9 Å². The van der Waals surface area contributed by atoms with Crippen molar-refractivity contribution >= 4 is 47.4 Å². The molecule has 0 aromatic rings. The number of carboxylic acid groups (broad SMARTS) is 3. The van der Waals surface area contributed by atoms with E-state index in [1.807, 2.05) is 0 Å². The van der Waals surface area contributed by atoms with E-state index >= 15 is 0 Å². The summed E-state index contributed by atoms with van der Waals surface area (Å²) in [6.07, 6.45) is 0.761. The van der Waals surface area contributed by atoms with Gasteiger partial charge in [0.15, 0.2) is 0 Å². The number of hydrogen-bond donors (Lipinski definition) is 7. The van der Waals surface area contributed by atoms with E-state index < -0.39 is 78.6 Å². The molecule has 0 aromatic heterocycles. The lowest BCUT2D eigenvalue weighted by Gasteiger charge is -2.25. The summed E-state index contributed by atoms with van der Waals surface area (Å²) in [5, 5.41) is 34.0. The fourth-order valence-corrected chi connectivity index (χ4v) is 3.13. The summed E-state index contributed by atoms with van der Waals surface area (Å²) in [6, 6.07) is -5.55. The zero-order chi connectivity index (χ0) is 25.7. The van der Waals surface area contributed by atoms with Gasteiger partial charge < -0.3 is 37.0 Å². The molecule has 0 saturated carbocycles. The van der Waals surface area contributed by atoms with Crippen LogP contribution in [0.3, 0.4) is 0 Å². The second kappa shape index (κ2) is 15.1. The van der Waals surface area contributed by atoms with E-state index in [0.29, 0.717) is 12.2 Å². The lowest BCUT2D eigenvalue weighted by Crippen LogP contribution is -2.58. The number of nitrogens with two attached hydrogens (primary N) is 1. The number of carboxylic acids is 3. The lowest BCUT2D eigenvalue weighted by atomic mass is 9.98. The fraction of sp³-hybridized carbons (Fsp3) is 0.684. The van der Waals surface area contributed by atoms with E-state index in [4.69, 9.17) is 15.9 Å². The lowest BCUT2D eigenvalue weighted by molar-refractivity contribution is -0.144. The maximum Gasteiger partial charge on any atom is 0.326 e. The Morgan fingerprint density at radius 2 is 1.36 bits per heavy atom. The minimum Gasteiger partial charge on any atom is -0.481 e. The average molecular weight is 493 g/mol. The van der Waals surface area contributed by atoms with Crippen molar-refractivity contribution in [2.75, 3.05) is 12.0 Å². The Labute approximate surface area is 195 Å². The molecular formula is C19H32N4O9S. The Hall–Kier alpha value is -2.87. The van der Waals surface area contributed by atoms with Crippen LogP contribution in [0.1, 0.15) is 39.5 Å². The molecule has 5 unspecified atom stereocenters. The summed E-state index contributed by atoms with van der Waals surface area (Å²) in [7, 11) is 0. The summed E-state index contributed by atoms with van der Waals surface area (Å²) in [5.41, 5.74) is 5.51. The van der Waals surface area contributed by atoms with Gasteiger partial charge in [-0.25, -0.2) is 4.79 Å². The van der Waals surface area contributed by atoms with Crippen LogP contribution in [0.25, 0.3) is 0 Å². The van der Waals surface area contributed by atoms with Crippen molar-refractivity contribution in [1.29, 1.82) is 0 Å². The van der Waals surface area contributed by atoms with Gasteiger partial charge in [0, 0.05) is 0 Å². The predicted molar refractivity (Wildman–Crippen MR) is 118 cm³/mol. The zero-order valence-electron chi connectivity index (χ0n) is 18.7. The normalized spacial score (nSPS) is 15.3. The Morgan fingerprint density at radius 1 is 0.848 bits per heavy atom. The van der Waals surface area contributed by atoms with Gasteiger partial charge in [0.1, 0.15) is 18.1 Å². The van der Waals surface area contributed by atoms with Gasteiger partial charge in [-0.05, 0) is 24.3 Å². The number of rotatable bonds is 16. The highest BCUT2D eigenvalue weighted by molar-refractivity contribution is 7.98. The van der Waals surface area contributed by atoms with Crippen LogP contribution in [0.2, 0.25) is 0 Å². The molecule has 0 aromatic carbocycles. The Morgan fingerprint density at radius 3 is 1.82 bits per heavy atom. The Bertz CT molecular complexity index is 734. The molecule has 0 fully saturated rings. The number of carbonyl (C=O) groups excluding carboxylic acids is 3. The highest BCUT2D eigenvalue weighted by Gasteiger charge is 2.33. The standard InChI is InChI=1S/C19H32N4O9S/c1-4-9(2)15(19(31)32)23-18(30)12(8-14(26)27)22-17(29)11(5-6-33-3)21-16(28)10(20)7-13(24)25/h9-12,15H,4-8,20H2,1-3H3,(H,21,28)(H,22,29)(H,23,30)(H,24,25)(H,26,27)(H,31,32). The van der Waals surface area contributed by atoms with Crippen molar-refractivity contribution in [2.45, 2.75) is 63.7 Å². The van der Waals surface area contributed by atoms with Crippen LogP contribution in [0.15, 0.2) is 0 Å². The minimum absolute atomic E-state index is 0.0879. The van der Waals surface area contributed by atoms with Crippen molar-refractivity contribution in [3.05, 3.63) is 0 Å². The molecule has 8 N–H and O–H groups in total. The van der Waals surface area contributed by atoms with Gasteiger partial charge in [0.05, 0.1) is 18.9 Å². The molecule has 0 bridgehead atoms. The third kappa shape index (κ3) is 11.5. The van der Waals surface area contributed by atoms with E-state index in [1.54, 1.807) is 20.1 Å². The van der Waals surface area contributed by atoms with Crippen molar-refractivity contribution in [3.63, 3.8) is 0 Å². The van der Waals surface area contributed by atoms with Crippen LogP contribution in [-0.2, 0) is 28.8 Å². The number of amides is 3. The largest absolute Gasteiger partial charge is 0.481 e. The number of carbonyl (C=O) groups is 6. The summed E-state index contributed by atoms with van der Waals surface area (Å²) < 4.78 is 0. The maximum absolute atomic E-state index is 12.8. The summed E-state index contributed by atoms with van der Waals surface area (Å²) in [4.78, 5) is 71.0. The number of aliphatic carboxylic acids is 3. The summed E-state index contributed by atoms with van der Waals surface area (Å²) in [6.45, 7) is 3.32. The third-order valence-electron chi connectivity index (χ3n) is 4.76. The molecule has 0 heterocycles. The molecule has 0 spiro atoms. The fourth-order valence-electron chi connectivity index (χ4n) is 2.66.